The molecule has 1 aromatic rings. The van der Waals surface area contributed by atoms with Gasteiger partial charge in [-0.15, -0.1) is 0 Å². The lowest BCUT2D eigenvalue weighted by Gasteiger charge is -2.12. The molecule has 0 bridgehead atoms. The minimum Gasteiger partial charge on any atom is -0.356 e. The summed E-state index contributed by atoms with van der Waals surface area (Å²) in [6, 6.07) is 3.93. The third kappa shape index (κ3) is 2.99. The number of nitro groups is 2. The molecule has 0 atom stereocenters. The van der Waals surface area contributed by atoms with Gasteiger partial charge in [0, 0.05) is 32.3 Å². The summed E-state index contributed by atoms with van der Waals surface area (Å²) in [5, 5.41) is 21.7. The molecule has 0 heterocycles. The van der Waals surface area contributed by atoms with Gasteiger partial charge >= 0.3 is 11.4 Å². The lowest BCUT2D eigenvalue weighted by molar-refractivity contribution is -0.423. The Morgan fingerprint density at radius 2 is 1.78 bits per heavy atom. The van der Waals surface area contributed by atoms with Gasteiger partial charge in [-0.25, -0.2) is 0 Å². The van der Waals surface area contributed by atoms with Crippen molar-refractivity contribution in [3.05, 3.63) is 44.0 Å². The Bertz CT molecular complexity index is 458. The topological polar surface area (TPSA) is 105 Å². The van der Waals surface area contributed by atoms with Crippen molar-refractivity contribution in [3.8, 4) is 0 Å². The normalized spacial score (nSPS) is 10.6. The highest BCUT2D eigenvalue weighted by Gasteiger charge is 2.29. The fraction of sp³-hybridized carbons (Fsp3) is 0.400. The maximum absolute atomic E-state index is 10.9. The molecule has 1 rings (SSSR count). The summed E-state index contributed by atoms with van der Waals surface area (Å²) in [6.45, 7) is 0. The zero-order valence-electron chi connectivity index (χ0n) is 9.86. The van der Waals surface area contributed by atoms with Crippen molar-refractivity contribution < 1.29 is 19.3 Å². The summed E-state index contributed by atoms with van der Waals surface area (Å²) < 4.78 is 9.85. The van der Waals surface area contributed by atoms with Gasteiger partial charge in [0.2, 0.25) is 0 Å². The van der Waals surface area contributed by atoms with Crippen LogP contribution in [0.5, 0.6) is 0 Å². The Morgan fingerprint density at radius 3 is 2.22 bits per heavy atom. The molecule has 98 valence electrons. The Morgan fingerprint density at radius 1 is 1.17 bits per heavy atom. The third-order valence-corrected chi connectivity index (χ3v) is 2.39. The molecule has 0 saturated carbocycles. The van der Waals surface area contributed by atoms with Crippen LogP contribution in [0.15, 0.2) is 18.2 Å². The van der Waals surface area contributed by atoms with Crippen molar-refractivity contribution in [1.82, 2.24) is 0 Å². The van der Waals surface area contributed by atoms with E-state index in [1.165, 1.54) is 26.4 Å². The molecule has 18 heavy (non-hydrogen) atoms. The number of ether oxygens (including phenoxy) is 2. The molecule has 0 spiro atoms. The quantitative estimate of drug-likeness (QED) is 0.435. The van der Waals surface area contributed by atoms with Crippen LogP contribution in [0.3, 0.4) is 0 Å². The minimum absolute atomic E-state index is 0.0605. The summed E-state index contributed by atoms with van der Waals surface area (Å²) in [5.41, 5.74) is -0.868. The van der Waals surface area contributed by atoms with E-state index in [0.717, 1.165) is 6.07 Å². The number of methoxy groups -OCH3 is 2. The minimum atomic E-state index is -0.782. The fourth-order valence-corrected chi connectivity index (χ4v) is 1.54. The van der Waals surface area contributed by atoms with Gasteiger partial charge in [-0.1, -0.05) is 12.1 Å². The Labute approximate surface area is 102 Å². The van der Waals surface area contributed by atoms with Crippen molar-refractivity contribution in [3.63, 3.8) is 0 Å². The highest BCUT2D eigenvalue weighted by Crippen LogP contribution is 2.31. The summed E-state index contributed by atoms with van der Waals surface area (Å²) in [6.07, 6.45) is -0.629. The second-order valence-electron chi connectivity index (χ2n) is 3.40. The first-order valence-corrected chi connectivity index (χ1v) is 4.97. The molecule has 8 heteroatoms. The number of benzene rings is 1. The second kappa shape index (κ2) is 6.03. The van der Waals surface area contributed by atoms with Crippen LogP contribution in [0.4, 0.5) is 11.4 Å². The van der Waals surface area contributed by atoms with Crippen LogP contribution in [0.25, 0.3) is 0 Å². The smallest absolute Gasteiger partial charge is 0.349 e. The standard InChI is InChI=1S/C10H12N2O6/c1-17-9(18-2)6-7-4-3-5-8(11(13)14)10(7)12(15)16/h3-5,9H,6H2,1-2H3. The SMILES string of the molecule is COC(Cc1cccc([N+](=O)[O-])c1[N+](=O)[O-])OC. The Balaban J connectivity index is 3.22. The van der Waals surface area contributed by atoms with Gasteiger partial charge in [0.15, 0.2) is 6.29 Å². The van der Waals surface area contributed by atoms with E-state index in [0.29, 0.717) is 0 Å². The number of para-hydroxylation sites is 1. The van der Waals surface area contributed by atoms with Gasteiger partial charge in [0.1, 0.15) is 0 Å². The molecule has 0 radical (unpaired) electrons. The number of nitrogens with zero attached hydrogens (tertiary/aromatic N) is 2. The lowest BCUT2D eigenvalue weighted by Crippen LogP contribution is -2.17. The Hall–Kier alpha value is -2.06. The number of rotatable bonds is 6. The van der Waals surface area contributed by atoms with Crippen molar-refractivity contribution in [2.24, 2.45) is 0 Å². The first-order valence-electron chi connectivity index (χ1n) is 4.97. The molecule has 0 fully saturated rings. The van der Waals surface area contributed by atoms with E-state index in [9.17, 15) is 20.2 Å². The summed E-state index contributed by atoms with van der Waals surface area (Å²) in [4.78, 5) is 20.1. The zero-order valence-corrected chi connectivity index (χ0v) is 9.86. The van der Waals surface area contributed by atoms with E-state index in [4.69, 9.17) is 9.47 Å². The molecule has 0 amide bonds. The molecule has 0 unspecified atom stereocenters. The van der Waals surface area contributed by atoms with Gasteiger partial charge in [0.05, 0.1) is 9.85 Å². The van der Waals surface area contributed by atoms with Gasteiger partial charge in [-0.2, -0.15) is 0 Å². The third-order valence-electron chi connectivity index (χ3n) is 2.39. The highest BCUT2D eigenvalue weighted by atomic mass is 16.7. The van der Waals surface area contributed by atoms with E-state index in [1.54, 1.807) is 0 Å². The predicted molar refractivity (Wildman–Crippen MR) is 61.3 cm³/mol. The lowest BCUT2D eigenvalue weighted by atomic mass is 10.1. The van der Waals surface area contributed by atoms with E-state index in [1.807, 2.05) is 0 Å². The van der Waals surface area contributed by atoms with Crippen LogP contribution in [0, 0.1) is 20.2 Å². The number of hydrogen-bond acceptors (Lipinski definition) is 6. The fourth-order valence-electron chi connectivity index (χ4n) is 1.54. The molecular formula is C10H12N2O6. The molecular weight excluding hydrogens is 244 g/mol. The predicted octanol–water partition coefficient (Wildman–Crippen LogP) is 1.66. The van der Waals surface area contributed by atoms with Crippen LogP contribution in [-0.4, -0.2) is 30.4 Å². The van der Waals surface area contributed by atoms with Crippen molar-refractivity contribution in [1.29, 1.82) is 0 Å². The number of nitro benzene ring substituents is 2. The zero-order chi connectivity index (χ0) is 13.7. The van der Waals surface area contributed by atoms with Crippen molar-refractivity contribution in [2.75, 3.05) is 14.2 Å². The average molecular weight is 256 g/mol. The van der Waals surface area contributed by atoms with Crippen LogP contribution < -0.4 is 0 Å². The molecule has 0 N–H and O–H groups in total. The highest BCUT2D eigenvalue weighted by molar-refractivity contribution is 5.57. The van der Waals surface area contributed by atoms with Crippen molar-refractivity contribution >= 4 is 11.4 Å². The summed E-state index contributed by atoms with van der Waals surface area (Å²) in [5.74, 6) is 0. The first kappa shape index (κ1) is 14.0. The van der Waals surface area contributed by atoms with Crippen LogP contribution in [-0.2, 0) is 15.9 Å². The van der Waals surface area contributed by atoms with Crippen LogP contribution >= 0.6 is 0 Å². The number of hydrogen-bond donors (Lipinski definition) is 0. The van der Waals surface area contributed by atoms with Crippen molar-refractivity contribution in [2.45, 2.75) is 12.7 Å². The van der Waals surface area contributed by atoms with Crippen LogP contribution in [0.2, 0.25) is 0 Å². The molecule has 0 saturated heterocycles. The molecule has 0 aliphatic carbocycles. The van der Waals surface area contributed by atoms with Gasteiger partial charge in [-0.3, -0.25) is 20.2 Å². The Kier molecular flexibility index (Phi) is 4.69. The van der Waals surface area contributed by atoms with E-state index >= 15 is 0 Å². The van der Waals surface area contributed by atoms with E-state index in [-0.39, 0.29) is 12.0 Å². The largest absolute Gasteiger partial charge is 0.356 e. The summed E-state index contributed by atoms with van der Waals surface area (Å²) >= 11 is 0. The maximum atomic E-state index is 10.9. The monoisotopic (exact) mass is 256 g/mol. The van der Waals surface area contributed by atoms with E-state index < -0.39 is 27.5 Å². The van der Waals surface area contributed by atoms with Crippen LogP contribution in [0.1, 0.15) is 5.56 Å². The molecule has 0 aliphatic heterocycles. The second-order valence-corrected chi connectivity index (χ2v) is 3.40. The molecule has 0 aromatic heterocycles. The van der Waals surface area contributed by atoms with E-state index in [2.05, 4.69) is 0 Å². The van der Waals surface area contributed by atoms with Gasteiger partial charge in [-0.05, 0) is 0 Å². The van der Waals surface area contributed by atoms with Gasteiger partial charge in [0.25, 0.3) is 0 Å². The molecule has 8 nitrogen and oxygen atoms in total. The molecule has 0 aliphatic rings. The first-order chi connectivity index (χ1) is 8.51. The average Bonchev–Trinajstić information content (AvgIpc) is 2.35. The van der Waals surface area contributed by atoms with Gasteiger partial charge < -0.3 is 9.47 Å². The molecule has 1 aromatic carbocycles. The summed E-state index contributed by atoms with van der Waals surface area (Å²) in [7, 11) is 2.77. The maximum Gasteiger partial charge on any atom is 0.349 e.